The van der Waals surface area contributed by atoms with Crippen molar-refractivity contribution in [1.82, 2.24) is 19.7 Å². The second kappa shape index (κ2) is 6.28. The van der Waals surface area contributed by atoms with Crippen molar-refractivity contribution in [1.29, 1.82) is 0 Å². The summed E-state index contributed by atoms with van der Waals surface area (Å²) in [6.45, 7) is 9.88. The summed E-state index contributed by atoms with van der Waals surface area (Å²) >= 11 is 0. The van der Waals surface area contributed by atoms with Gasteiger partial charge >= 0.3 is 0 Å². The van der Waals surface area contributed by atoms with E-state index in [0.29, 0.717) is 0 Å². The van der Waals surface area contributed by atoms with Gasteiger partial charge in [-0.15, -0.1) is 0 Å². The molecule has 0 saturated carbocycles. The van der Waals surface area contributed by atoms with Gasteiger partial charge in [-0.2, -0.15) is 5.10 Å². The first-order valence-corrected chi connectivity index (χ1v) is 7.97. The Kier molecular flexibility index (Phi) is 4.19. The van der Waals surface area contributed by atoms with E-state index in [1.165, 1.54) is 5.56 Å². The minimum absolute atomic E-state index is 0.769. The van der Waals surface area contributed by atoms with E-state index < -0.39 is 0 Å². The number of imidazole rings is 1. The molecule has 5 heteroatoms. The van der Waals surface area contributed by atoms with Crippen LogP contribution in [0.15, 0.2) is 30.5 Å². The topological polar surface area (TPSA) is 58.5 Å². The summed E-state index contributed by atoms with van der Waals surface area (Å²) < 4.78 is 1.97. The van der Waals surface area contributed by atoms with E-state index in [-0.39, 0.29) is 0 Å². The van der Waals surface area contributed by atoms with Crippen LogP contribution in [0.25, 0.3) is 11.4 Å². The SMILES string of the molecule is CCn1cc(CNc2cccc(-c3nc(C)c(C)[nH]3)c2)c(C)n1. The molecule has 2 N–H and O–H groups in total. The van der Waals surface area contributed by atoms with E-state index in [9.17, 15) is 0 Å². The van der Waals surface area contributed by atoms with Gasteiger partial charge in [0.2, 0.25) is 0 Å². The highest BCUT2D eigenvalue weighted by Gasteiger charge is 2.07. The van der Waals surface area contributed by atoms with E-state index in [2.05, 4.69) is 51.7 Å². The number of aryl methyl sites for hydroxylation is 4. The number of hydrogen-bond donors (Lipinski definition) is 2. The van der Waals surface area contributed by atoms with Crippen LogP contribution in [0.2, 0.25) is 0 Å². The molecule has 0 aliphatic carbocycles. The zero-order valence-electron chi connectivity index (χ0n) is 14.1. The van der Waals surface area contributed by atoms with Gasteiger partial charge in [0.15, 0.2) is 0 Å². The van der Waals surface area contributed by atoms with Crippen molar-refractivity contribution in [3.8, 4) is 11.4 Å². The number of H-pyrrole nitrogens is 1. The van der Waals surface area contributed by atoms with E-state index >= 15 is 0 Å². The maximum atomic E-state index is 4.57. The monoisotopic (exact) mass is 309 g/mol. The minimum atomic E-state index is 0.769. The van der Waals surface area contributed by atoms with Gasteiger partial charge in [0.1, 0.15) is 5.82 Å². The Balaban J connectivity index is 1.76. The van der Waals surface area contributed by atoms with Crippen LogP contribution in [0.1, 0.15) is 29.6 Å². The van der Waals surface area contributed by atoms with Crippen LogP contribution in [0.3, 0.4) is 0 Å². The maximum absolute atomic E-state index is 4.57. The first-order valence-electron chi connectivity index (χ1n) is 7.97. The lowest BCUT2D eigenvalue weighted by molar-refractivity contribution is 0.653. The first kappa shape index (κ1) is 15.3. The molecule has 0 spiro atoms. The molecule has 0 aliphatic rings. The summed E-state index contributed by atoms with van der Waals surface area (Å²) in [5.41, 5.74) is 6.63. The number of aromatic amines is 1. The second-order valence-corrected chi connectivity index (χ2v) is 5.83. The lowest BCUT2D eigenvalue weighted by Crippen LogP contribution is -2.00. The number of hydrogen-bond acceptors (Lipinski definition) is 3. The van der Waals surface area contributed by atoms with Crippen LogP contribution in [0, 0.1) is 20.8 Å². The average Bonchev–Trinajstić information content (AvgIpc) is 3.08. The number of anilines is 1. The fourth-order valence-corrected chi connectivity index (χ4v) is 2.55. The molecule has 0 unspecified atom stereocenters. The van der Waals surface area contributed by atoms with Gasteiger partial charge < -0.3 is 10.3 Å². The molecule has 1 aromatic carbocycles. The zero-order valence-corrected chi connectivity index (χ0v) is 14.1. The highest BCUT2D eigenvalue weighted by atomic mass is 15.3. The molecule has 3 rings (SSSR count). The van der Waals surface area contributed by atoms with Crippen LogP contribution < -0.4 is 5.32 Å². The fraction of sp³-hybridized carbons (Fsp3) is 0.333. The molecule has 0 saturated heterocycles. The van der Waals surface area contributed by atoms with Gasteiger partial charge in [-0.1, -0.05) is 12.1 Å². The molecule has 0 bridgehead atoms. The summed E-state index contributed by atoms with van der Waals surface area (Å²) in [5, 5.41) is 7.96. The molecule has 0 radical (unpaired) electrons. The van der Waals surface area contributed by atoms with Crippen molar-refractivity contribution in [2.24, 2.45) is 0 Å². The highest BCUT2D eigenvalue weighted by molar-refractivity contribution is 5.63. The van der Waals surface area contributed by atoms with Gasteiger partial charge in [0, 0.05) is 41.8 Å². The van der Waals surface area contributed by atoms with Crippen molar-refractivity contribution in [2.75, 3.05) is 5.32 Å². The number of aromatic nitrogens is 4. The van der Waals surface area contributed by atoms with Crippen LogP contribution in [0.4, 0.5) is 5.69 Å². The molecule has 0 fully saturated rings. The third-order valence-electron chi connectivity index (χ3n) is 4.12. The van der Waals surface area contributed by atoms with Crippen LogP contribution in [-0.4, -0.2) is 19.7 Å². The van der Waals surface area contributed by atoms with E-state index in [0.717, 1.165) is 47.2 Å². The van der Waals surface area contributed by atoms with Crippen LogP contribution in [0.5, 0.6) is 0 Å². The van der Waals surface area contributed by atoms with Gasteiger partial charge in [0.05, 0.1) is 11.4 Å². The predicted octanol–water partition coefficient (Wildman–Crippen LogP) is 3.83. The lowest BCUT2D eigenvalue weighted by Gasteiger charge is -2.07. The first-order chi connectivity index (χ1) is 11.1. The van der Waals surface area contributed by atoms with Crippen LogP contribution >= 0.6 is 0 Å². The van der Waals surface area contributed by atoms with Gasteiger partial charge in [-0.25, -0.2) is 4.98 Å². The Morgan fingerprint density at radius 2 is 2.00 bits per heavy atom. The molecule has 0 amide bonds. The molecule has 3 aromatic rings. The van der Waals surface area contributed by atoms with E-state index in [4.69, 9.17) is 0 Å². The van der Waals surface area contributed by atoms with E-state index in [1.54, 1.807) is 0 Å². The number of nitrogens with zero attached hydrogens (tertiary/aromatic N) is 3. The van der Waals surface area contributed by atoms with Gasteiger partial charge in [-0.05, 0) is 39.8 Å². The third-order valence-corrected chi connectivity index (χ3v) is 4.12. The lowest BCUT2D eigenvalue weighted by atomic mass is 10.2. The molecular formula is C18H23N5. The molecule has 120 valence electrons. The summed E-state index contributed by atoms with van der Waals surface area (Å²) in [7, 11) is 0. The summed E-state index contributed by atoms with van der Waals surface area (Å²) in [4.78, 5) is 7.90. The number of benzene rings is 1. The molecule has 2 heterocycles. The molecule has 0 aliphatic heterocycles. The minimum Gasteiger partial charge on any atom is -0.381 e. The molecular weight excluding hydrogens is 286 g/mol. The summed E-state index contributed by atoms with van der Waals surface area (Å²) in [6, 6.07) is 8.32. The number of rotatable bonds is 5. The third kappa shape index (κ3) is 3.28. The normalized spacial score (nSPS) is 11.0. The Bertz CT molecular complexity index is 793. The summed E-state index contributed by atoms with van der Waals surface area (Å²) in [5.74, 6) is 0.915. The predicted molar refractivity (Wildman–Crippen MR) is 93.5 cm³/mol. The van der Waals surface area contributed by atoms with Crippen molar-refractivity contribution in [2.45, 2.75) is 40.8 Å². The van der Waals surface area contributed by atoms with Crippen molar-refractivity contribution >= 4 is 5.69 Å². The van der Waals surface area contributed by atoms with Crippen LogP contribution in [-0.2, 0) is 13.1 Å². The maximum Gasteiger partial charge on any atom is 0.137 e. The molecule has 0 atom stereocenters. The Hall–Kier alpha value is -2.56. The Morgan fingerprint density at radius 1 is 1.17 bits per heavy atom. The smallest absolute Gasteiger partial charge is 0.137 e. The van der Waals surface area contributed by atoms with Gasteiger partial charge in [-0.3, -0.25) is 4.68 Å². The zero-order chi connectivity index (χ0) is 16.4. The Morgan fingerprint density at radius 3 is 2.65 bits per heavy atom. The van der Waals surface area contributed by atoms with Crippen molar-refractivity contribution in [3.63, 3.8) is 0 Å². The van der Waals surface area contributed by atoms with Gasteiger partial charge in [0.25, 0.3) is 0 Å². The molecule has 2 aromatic heterocycles. The fourth-order valence-electron chi connectivity index (χ4n) is 2.55. The van der Waals surface area contributed by atoms with E-state index in [1.807, 2.05) is 31.5 Å². The molecule has 23 heavy (non-hydrogen) atoms. The molecule has 5 nitrogen and oxygen atoms in total. The summed E-state index contributed by atoms with van der Waals surface area (Å²) in [6.07, 6.45) is 2.10. The number of nitrogens with one attached hydrogen (secondary N) is 2. The Labute approximate surface area is 136 Å². The highest BCUT2D eigenvalue weighted by Crippen LogP contribution is 2.22. The van der Waals surface area contributed by atoms with Crippen molar-refractivity contribution < 1.29 is 0 Å². The average molecular weight is 309 g/mol. The quantitative estimate of drug-likeness (QED) is 0.753. The second-order valence-electron chi connectivity index (χ2n) is 5.83. The standard InChI is InChI=1S/C18H23N5/c1-5-23-11-16(14(4)22-23)10-19-17-8-6-7-15(9-17)18-20-12(2)13(3)21-18/h6-9,11,19H,5,10H2,1-4H3,(H,20,21). The van der Waals surface area contributed by atoms with Crippen molar-refractivity contribution in [3.05, 3.63) is 53.1 Å². The largest absolute Gasteiger partial charge is 0.381 e.